The van der Waals surface area contributed by atoms with Gasteiger partial charge in [0.05, 0.1) is 11.4 Å². The number of fused-ring (bicyclic) bond motifs is 1. The molecule has 0 unspecified atom stereocenters. The van der Waals surface area contributed by atoms with E-state index in [0.29, 0.717) is 11.4 Å². The topological polar surface area (TPSA) is 52.5 Å². The van der Waals surface area contributed by atoms with E-state index in [9.17, 15) is 10.2 Å². The van der Waals surface area contributed by atoms with Crippen LogP contribution >= 0.6 is 0 Å². The van der Waals surface area contributed by atoms with Crippen molar-refractivity contribution in [1.29, 1.82) is 0 Å². The molecule has 0 bridgehead atoms. The third-order valence-electron chi connectivity index (χ3n) is 3.32. The van der Waals surface area contributed by atoms with Crippen LogP contribution in [0.3, 0.4) is 0 Å². The van der Waals surface area contributed by atoms with E-state index in [2.05, 4.69) is 5.32 Å². The second kappa shape index (κ2) is 4.78. The summed E-state index contributed by atoms with van der Waals surface area (Å²) < 4.78 is 0. The van der Waals surface area contributed by atoms with Crippen molar-refractivity contribution in [2.45, 2.75) is 6.92 Å². The van der Waals surface area contributed by atoms with Gasteiger partial charge < -0.3 is 15.5 Å². The van der Waals surface area contributed by atoms with Crippen LogP contribution in [0.15, 0.2) is 54.6 Å². The minimum atomic E-state index is 0.164. The third kappa shape index (κ3) is 2.14. The Hall–Kier alpha value is -2.68. The predicted octanol–water partition coefficient (Wildman–Crippen LogP) is 4.30. The largest absolute Gasteiger partial charge is 0.506 e. The molecule has 0 saturated heterocycles. The Bertz CT molecular complexity index is 781. The van der Waals surface area contributed by atoms with Crippen LogP contribution in [-0.2, 0) is 0 Å². The van der Waals surface area contributed by atoms with Crippen molar-refractivity contribution in [3.8, 4) is 11.5 Å². The SMILES string of the molecule is Cc1ccc(Nc2ccc3ccccc3c2O)c(O)c1. The van der Waals surface area contributed by atoms with E-state index < -0.39 is 0 Å². The minimum absolute atomic E-state index is 0.164. The maximum Gasteiger partial charge on any atom is 0.146 e. The summed E-state index contributed by atoms with van der Waals surface area (Å²) in [6, 6.07) is 16.7. The monoisotopic (exact) mass is 265 g/mol. The summed E-state index contributed by atoms with van der Waals surface area (Å²) in [6.45, 7) is 1.91. The molecule has 0 amide bonds. The van der Waals surface area contributed by atoms with E-state index in [1.807, 2.05) is 43.3 Å². The molecule has 0 saturated carbocycles. The molecule has 20 heavy (non-hydrogen) atoms. The summed E-state index contributed by atoms with van der Waals surface area (Å²) in [7, 11) is 0. The molecular formula is C17H15NO2. The number of rotatable bonds is 2. The van der Waals surface area contributed by atoms with Crippen molar-refractivity contribution in [3.05, 3.63) is 60.2 Å². The van der Waals surface area contributed by atoms with Crippen LogP contribution in [-0.4, -0.2) is 10.2 Å². The predicted molar refractivity (Wildman–Crippen MR) is 81.7 cm³/mol. The smallest absolute Gasteiger partial charge is 0.146 e. The number of aryl methyl sites for hydroxylation is 1. The second-order valence-electron chi connectivity index (χ2n) is 4.83. The average Bonchev–Trinajstić information content (AvgIpc) is 2.45. The fourth-order valence-electron chi connectivity index (χ4n) is 2.25. The van der Waals surface area contributed by atoms with E-state index >= 15 is 0 Å². The number of benzene rings is 3. The molecule has 0 aliphatic carbocycles. The maximum atomic E-state index is 10.3. The van der Waals surface area contributed by atoms with E-state index in [1.54, 1.807) is 18.2 Å². The Kier molecular flexibility index (Phi) is 2.95. The number of nitrogens with one attached hydrogen (secondary N) is 1. The first kappa shape index (κ1) is 12.4. The summed E-state index contributed by atoms with van der Waals surface area (Å²) in [4.78, 5) is 0. The lowest BCUT2D eigenvalue weighted by Gasteiger charge is -2.12. The van der Waals surface area contributed by atoms with E-state index in [1.165, 1.54) is 0 Å². The first-order valence-corrected chi connectivity index (χ1v) is 6.42. The van der Waals surface area contributed by atoms with Crippen LogP contribution in [0.25, 0.3) is 10.8 Å². The van der Waals surface area contributed by atoms with Crippen molar-refractivity contribution in [2.24, 2.45) is 0 Å². The van der Waals surface area contributed by atoms with Gasteiger partial charge in [0, 0.05) is 5.39 Å². The quantitative estimate of drug-likeness (QED) is 0.605. The molecule has 3 N–H and O–H groups in total. The van der Waals surface area contributed by atoms with E-state index in [-0.39, 0.29) is 11.5 Å². The molecule has 0 aromatic heterocycles. The second-order valence-corrected chi connectivity index (χ2v) is 4.83. The molecule has 0 atom stereocenters. The summed E-state index contributed by atoms with van der Waals surface area (Å²) >= 11 is 0. The standard InChI is InChI=1S/C17H15NO2/c1-11-6-8-14(16(19)10-11)18-15-9-7-12-4-2-3-5-13(12)17(15)20/h2-10,18-20H,1H3. The van der Waals surface area contributed by atoms with E-state index in [0.717, 1.165) is 16.3 Å². The maximum absolute atomic E-state index is 10.3. The summed E-state index contributed by atoms with van der Waals surface area (Å²) in [6.07, 6.45) is 0. The van der Waals surface area contributed by atoms with E-state index in [4.69, 9.17) is 0 Å². The fraction of sp³-hybridized carbons (Fsp3) is 0.0588. The molecule has 3 aromatic carbocycles. The normalized spacial score (nSPS) is 10.7. The molecule has 0 heterocycles. The van der Waals surface area contributed by atoms with Crippen molar-refractivity contribution in [1.82, 2.24) is 0 Å². The van der Waals surface area contributed by atoms with Crippen molar-refractivity contribution < 1.29 is 10.2 Å². The lowest BCUT2D eigenvalue weighted by molar-refractivity contribution is 0.476. The van der Waals surface area contributed by atoms with Crippen LogP contribution in [0.5, 0.6) is 11.5 Å². The van der Waals surface area contributed by atoms with Gasteiger partial charge in [0.25, 0.3) is 0 Å². The highest BCUT2D eigenvalue weighted by Crippen LogP contribution is 2.36. The lowest BCUT2D eigenvalue weighted by Crippen LogP contribution is -1.92. The van der Waals surface area contributed by atoms with Gasteiger partial charge in [-0.3, -0.25) is 0 Å². The highest BCUT2D eigenvalue weighted by molar-refractivity contribution is 5.94. The zero-order valence-electron chi connectivity index (χ0n) is 11.1. The van der Waals surface area contributed by atoms with Crippen molar-refractivity contribution in [3.63, 3.8) is 0 Å². The molecule has 0 aliphatic heterocycles. The zero-order chi connectivity index (χ0) is 14.1. The average molecular weight is 265 g/mol. The minimum Gasteiger partial charge on any atom is -0.506 e. The molecule has 0 radical (unpaired) electrons. The number of aromatic hydroxyl groups is 2. The molecule has 3 rings (SSSR count). The first-order valence-electron chi connectivity index (χ1n) is 6.42. The van der Waals surface area contributed by atoms with Gasteiger partial charge in [-0.05, 0) is 36.1 Å². The Labute approximate surface area is 117 Å². The summed E-state index contributed by atoms with van der Waals surface area (Å²) in [5, 5.41) is 25.0. The van der Waals surface area contributed by atoms with Gasteiger partial charge in [-0.2, -0.15) is 0 Å². The van der Waals surface area contributed by atoms with Crippen molar-refractivity contribution >= 4 is 22.1 Å². The van der Waals surface area contributed by atoms with Gasteiger partial charge in [-0.1, -0.05) is 36.4 Å². The Morgan fingerprint density at radius 2 is 1.60 bits per heavy atom. The van der Waals surface area contributed by atoms with Gasteiger partial charge in [-0.15, -0.1) is 0 Å². The van der Waals surface area contributed by atoms with Gasteiger partial charge >= 0.3 is 0 Å². The van der Waals surface area contributed by atoms with Crippen LogP contribution in [0.2, 0.25) is 0 Å². The molecule has 0 fully saturated rings. The fourth-order valence-corrected chi connectivity index (χ4v) is 2.25. The first-order chi connectivity index (χ1) is 9.65. The van der Waals surface area contributed by atoms with Crippen LogP contribution in [0, 0.1) is 6.92 Å². The highest BCUT2D eigenvalue weighted by atomic mass is 16.3. The number of hydrogen-bond donors (Lipinski definition) is 3. The molecule has 100 valence electrons. The number of phenolic OH excluding ortho intramolecular Hbond substituents is 2. The Balaban J connectivity index is 2.04. The van der Waals surface area contributed by atoms with Gasteiger partial charge in [0.1, 0.15) is 11.5 Å². The van der Waals surface area contributed by atoms with Crippen LogP contribution in [0.4, 0.5) is 11.4 Å². The summed E-state index contributed by atoms with van der Waals surface area (Å²) in [5.74, 6) is 0.348. The number of anilines is 2. The van der Waals surface area contributed by atoms with Gasteiger partial charge in [0.15, 0.2) is 0 Å². The van der Waals surface area contributed by atoms with Crippen LogP contribution < -0.4 is 5.32 Å². The number of hydrogen-bond acceptors (Lipinski definition) is 3. The molecule has 3 aromatic rings. The molecule has 3 heteroatoms. The van der Waals surface area contributed by atoms with Crippen molar-refractivity contribution in [2.75, 3.05) is 5.32 Å². The molecule has 0 aliphatic rings. The molecular weight excluding hydrogens is 250 g/mol. The van der Waals surface area contributed by atoms with Gasteiger partial charge in [-0.25, -0.2) is 0 Å². The van der Waals surface area contributed by atoms with Crippen LogP contribution in [0.1, 0.15) is 5.56 Å². The number of phenols is 2. The molecule has 0 spiro atoms. The lowest BCUT2D eigenvalue weighted by atomic mass is 10.1. The summed E-state index contributed by atoms with van der Waals surface area (Å²) in [5.41, 5.74) is 2.12. The Morgan fingerprint density at radius 3 is 2.40 bits per heavy atom. The van der Waals surface area contributed by atoms with Gasteiger partial charge in [0.2, 0.25) is 0 Å². The third-order valence-corrected chi connectivity index (χ3v) is 3.32. The molecule has 3 nitrogen and oxygen atoms in total. The highest BCUT2D eigenvalue weighted by Gasteiger charge is 2.08. The Morgan fingerprint density at radius 1 is 0.850 bits per heavy atom. The zero-order valence-corrected chi connectivity index (χ0v) is 11.1.